The first kappa shape index (κ1) is 13.5. The molecule has 94 valence electrons. The molecule has 1 saturated carbocycles. The summed E-state index contributed by atoms with van der Waals surface area (Å²) in [5.41, 5.74) is 0. The lowest BCUT2D eigenvalue weighted by molar-refractivity contribution is -0.146. The number of methoxy groups -OCH3 is 1. The van der Waals surface area contributed by atoms with Crippen molar-refractivity contribution in [3.63, 3.8) is 0 Å². The minimum absolute atomic E-state index is 0.0237. The van der Waals surface area contributed by atoms with Crippen LogP contribution in [-0.4, -0.2) is 25.7 Å². The Balaban J connectivity index is 2.10. The number of nitrogens with one attached hydrogen (secondary N) is 1. The van der Waals surface area contributed by atoms with Gasteiger partial charge in [0.2, 0.25) is 0 Å². The summed E-state index contributed by atoms with van der Waals surface area (Å²) in [5.74, 6) is 0.128. The number of unbranched alkanes of at least 4 members (excludes halogenated alkanes) is 2. The van der Waals surface area contributed by atoms with Gasteiger partial charge in [-0.3, -0.25) is 4.79 Å². The molecule has 0 amide bonds. The summed E-state index contributed by atoms with van der Waals surface area (Å²) in [6.45, 7) is 3.35. The normalized spacial score (nSPS) is 25.4. The van der Waals surface area contributed by atoms with Crippen molar-refractivity contribution in [2.45, 2.75) is 57.9 Å². The molecular weight excluding hydrogens is 202 g/mol. The lowest BCUT2D eigenvalue weighted by atomic mass is 9.86. The van der Waals surface area contributed by atoms with Gasteiger partial charge in [-0.1, -0.05) is 19.8 Å². The molecule has 0 heterocycles. The standard InChI is InChI=1S/C13H25NO2/c1-3-4-5-10-14-12-8-6-11(7-9-12)13(15)16-2/h11-12,14H,3-10H2,1-2H3. The van der Waals surface area contributed by atoms with Gasteiger partial charge < -0.3 is 10.1 Å². The molecular formula is C13H25NO2. The second-order valence-electron chi connectivity index (χ2n) is 4.73. The minimum Gasteiger partial charge on any atom is -0.469 e. The van der Waals surface area contributed by atoms with Crippen molar-refractivity contribution < 1.29 is 9.53 Å². The molecule has 0 aliphatic heterocycles. The van der Waals surface area contributed by atoms with Crippen LogP contribution in [0.1, 0.15) is 51.9 Å². The van der Waals surface area contributed by atoms with Crippen LogP contribution in [0.2, 0.25) is 0 Å². The number of rotatable bonds is 6. The van der Waals surface area contributed by atoms with Crippen molar-refractivity contribution in [2.24, 2.45) is 5.92 Å². The fourth-order valence-electron chi connectivity index (χ4n) is 2.38. The third-order valence-electron chi connectivity index (χ3n) is 3.48. The predicted molar refractivity (Wildman–Crippen MR) is 65.3 cm³/mol. The monoisotopic (exact) mass is 227 g/mol. The zero-order valence-electron chi connectivity index (χ0n) is 10.6. The molecule has 0 saturated heterocycles. The summed E-state index contributed by atoms with van der Waals surface area (Å²) in [4.78, 5) is 11.3. The third kappa shape index (κ3) is 4.52. The van der Waals surface area contributed by atoms with Crippen LogP contribution in [0.3, 0.4) is 0 Å². The Labute approximate surface area is 98.9 Å². The van der Waals surface area contributed by atoms with E-state index in [9.17, 15) is 4.79 Å². The molecule has 0 bridgehead atoms. The minimum atomic E-state index is -0.0237. The first-order valence-electron chi connectivity index (χ1n) is 6.59. The van der Waals surface area contributed by atoms with Crippen LogP contribution in [0.5, 0.6) is 0 Å². The van der Waals surface area contributed by atoms with E-state index in [1.54, 1.807) is 0 Å². The van der Waals surface area contributed by atoms with Gasteiger partial charge in [-0.25, -0.2) is 0 Å². The average Bonchev–Trinajstić information content (AvgIpc) is 2.34. The van der Waals surface area contributed by atoms with E-state index in [1.807, 2.05) is 0 Å². The maximum absolute atomic E-state index is 11.3. The van der Waals surface area contributed by atoms with Crippen LogP contribution >= 0.6 is 0 Å². The Morgan fingerprint density at radius 3 is 2.50 bits per heavy atom. The number of carbonyl (C=O) groups is 1. The molecule has 1 N–H and O–H groups in total. The second kappa shape index (κ2) is 7.66. The highest BCUT2D eigenvalue weighted by Gasteiger charge is 2.26. The molecule has 1 rings (SSSR count). The highest BCUT2D eigenvalue weighted by molar-refractivity contribution is 5.72. The third-order valence-corrected chi connectivity index (χ3v) is 3.48. The summed E-state index contributed by atoms with van der Waals surface area (Å²) in [6, 6.07) is 0.623. The molecule has 0 unspecified atom stereocenters. The van der Waals surface area contributed by atoms with Gasteiger partial charge in [-0.15, -0.1) is 0 Å². The summed E-state index contributed by atoms with van der Waals surface area (Å²) < 4.78 is 4.78. The molecule has 0 aromatic heterocycles. The van der Waals surface area contributed by atoms with E-state index in [0.29, 0.717) is 6.04 Å². The predicted octanol–water partition coefficient (Wildman–Crippen LogP) is 2.50. The summed E-state index contributed by atoms with van der Waals surface area (Å²) in [7, 11) is 1.48. The number of hydrogen-bond acceptors (Lipinski definition) is 3. The molecule has 0 radical (unpaired) electrons. The van der Waals surface area contributed by atoms with Gasteiger partial charge in [-0.05, 0) is 38.6 Å². The van der Waals surface area contributed by atoms with Crippen molar-refractivity contribution in [2.75, 3.05) is 13.7 Å². The average molecular weight is 227 g/mol. The van der Waals surface area contributed by atoms with E-state index in [2.05, 4.69) is 12.2 Å². The Kier molecular flexibility index (Phi) is 6.46. The summed E-state index contributed by atoms with van der Waals surface area (Å²) >= 11 is 0. The molecule has 0 spiro atoms. The van der Waals surface area contributed by atoms with Gasteiger partial charge in [0.25, 0.3) is 0 Å². The summed E-state index contributed by atoms with van der Waals surface area (Å²) in [5, 5.41) is 3.58. The van der Waals surface area contributed by atoms with E-state index >= 15 is 0 Å². The van der Waals surface area contributed by atoms with Crippen LogP contribution in [0.25, 0.3) is 0 Å². The van der Waals surface area contributed by atoms with Crippen molar-refractivity contribution in [1.82, 2.24) is 5.32 Å². The van der Waals surface area contributed by atoms with Crippen molar-refractivity contribution in [3.05, 3.63) is 0 Å². The Hall–Kier alpha value is -0.570. The molecule has 1 fully saturated rings. The molecule has 3 heteroatoms. The summed E-state index contributed by atoms with van der Waals surface area (Å²) in [6.07, 6.45) is 8.06. The molecule has 16 heavy (non-hydrogen) atoms. The van der Waals surface area contributed by atoms with Gasteiger partial charge in [0.15, 0.2) is 0 Å². The van der Waals surface area contributed by atoms with E-state index in [0.717, 1.165) is 32.2 Å². The first-order valence-corrected chi connectivity index (χ1v) is 6.59. The topological polar surface area (TPSA) is 38.3 Å². The van der Waals surface area contributed by atoms with Crippen LogP contribution in [0, 0.1) is 5.92 Å². The van der Waals surface area contributed by atoms with Crippen LogP contribution in [-0.2, 0) is 9.53 Å². The number of esters is 1. The largest absolute Gasteiger partial charge is 0.469 e. The van der Waals surface area contributed by atoms with Gasteiger partial charge in [0.05, 0.1) is 13.0 Å². The smallest absolute Gasteiger partial charge is 0.308 e. The van der Waals surface area contributed by atoms with Crippen molar-refractivity contribution in [1.29, 1.82) is 0 Å². The molecule has 0 aromatic carbocycles. The highest BCUT2D eigenvalue weighted by Crippen LogP contribution is 2.25. The fraction of sp³-hybridized carbons (Fsp3) is 0.923. The molecule has 0 aromatic rings. The maximum atomic E-state index is 11.3. The zero-order chi connectivity index (χ0) is 11.8. The van der Waals surface area contributed by atoms with Crippen LogP contribution < -0.4 is 5.32 Å². The second-order valence-corrected chi connectivity index (χ2v) is 4.73. The molecule has 0 atom stereocenters. The van der Waals surface area contributed by atoms with E-state index < -0.39 is 0 Å². The van der Waals surface area contributed by atoms with Gasteiger partial charge in [0, 0.05) is 6.04 Å². The Morgan fingerprint density at radius 2 is 1.94 bits per heavy atom. The first-order chi connectivity index (χ1) is 7.77. The van der Waals surface area contributed by atoms with Crippen LogP contribution in [0.15, 0.2) is 0 Å². The van der Waals surface area contributed by atoms with Gasteiger partial charge >= 0.3 is 5.97 Å². The molecule has 3 nitrogen and oxygen atoms in total. The zero-order valence-corrected chi connectivity index (χ0v) is 10.6. The highest BCUT2D eigenvalue weighted by atomic mass is 16.5. The quantitative estimate of drug-likeness (QED) is 0.559. The number of hydrogen-bond donors (Lipinski definition) is 1. The maximum Gasteiger partial charge on any atom is 0.308 e. The van der Waals surface area contributed by atoms with Gasteiger partial charge in [-0.2, -0.15) is 0 Å². The Bertz CT molecular complexity index is 198. The van der Waals surface area contributed by atoms with Crippen LogP contribution in [0.4, 0.5) is 0 Å². The SMILES string of the molecule is CCCCCNC1CCC(C(=O)OC)CC1. The van der Waals surface area contributed by atoms with E-state index in [1.165, 1.54) is 26.4 Å². The fourth-order valence-corrected chi connectivity index (χ4v) is 2.38. The van der Waals surface area contributed by atoms with E-state index in [4.69, 9.17) is 4.74 Å². The Morgan fingerprint density at radius 1 is 1.25 bits per heavy atom. The number of carbonyl (C=O) groups excluding carboxylic acids is 1. The number of ether oxygens (including phenoxy) is 1. The molecule has 1 aliphatic rings. The van der Waals surface area contributed by atoms with Gasteiger partial charge in [0.1, 0.15) is 0 Å². The lowest BCUT2D eigenvalue weighted by Gasteiger charge is -2.27. The van der Waals surface area contributed by atoms with Crippen molar-refractivity contribution in [3.8, 4) is 0 Å². The van der Waals surface area contributed by atoms with E-state index in [-0.39, 0.29) is 11.9 Å². The van der Waals surface area contributed by atoms with Crippen molar-refractivity contribution >= 4 is 5.97 Å². The lowest BCUT2D eigenvalue weighted by Crippen LogP contribution is -2.35. The molecule has 1 aliphatic carbocycles.